The van der Waals surface area contributed by atoms with Crippen molar-refractivity contribution in [2.45, 2.75) is 39.9 Å². The molecule has 140 valence electrons. The summed E-state index contributed by atoms with van der Waals surface area (Å²) in [5, 5.41) is 4.62. The Kier molecular flexibility index (Phi) is 6.21. The number of hydrogen-bond acceptors (Lipinski definition) is 5. The van der Waals surface area contributed by atoms with Crippen LogP contribution in [0.15, 0.2) is 30.3 Å². The van der Waals surface area contributed by atoms with Gasteiger partial charge in [0.1, 0.15) is 5.82 Å². The molecule has 1 aromatic carbocycles. The van der Waals surface area contributed by atoms with Crippen LogP contribution < -0.4 is 0 Å². The number of piperidine rings is 1. The van der Waals surface area contributed by atoms with Crippen molar-refractivity contribution >= 4 is 18.2 Å². The highest BCUT2D eigenvalue weighted by molar-refractivity contribution is 7.71. The number of ether oxygens (including phenoxy) is 1. The van der Waals surface area contributed by atoms with Crippen LogP contribution in [0.1, 0.15) is 31.2 Å². The van der Waals surface area contributed by atoms with Gasteiger partial charge in [-0.3, -0.25) is 14.3 Å². The van der Waals surface area contributed by atoms with E-state index in [1.54, 1.807) is 0 Å². The van der Waals surface area contributed by atoms with E-state index in [9.17, 15) is 4.79 Å². The van der Waals surface area contributed by atoms with Crippen LogP contribution in [-0.4, -0.2) is 44.9 Å². The third kappa shape index (κ3) is 4.40. The molecule has 2 aromatic rings. The fourth-order valence-electron chi connectivity index (χ4n) is 3.42. The Morgan fingerprint density at radius 2 is 2.12 bits per heavy atom. The summed E-state index contributed by atoms with van der Waals surface area (Å²) in [4.78, 5) is 14.3. The largest absolute Gasteiger partial charge is 0.466 e. The summed E-state index contributed by atoms with van der Waals surface area (Å²) in [6, 6.07) is 10.2. The molecule has 6 nitrogen and oxygen atoms in total. The maximum Gasteiger partial charge on any atom is 0.310 e. The van der Waals surface area contributed by atoms with Gasteiger partial charge in [0, 0.05) is 6.54 Å². The van der Waals surface area contributed by atoms with Crippen molar-refractivity contribution in [2.24, 2.45) is 5.92 Å². The van der Waals surface area contributed by atoms with E-state index in [1.807, 2.05) is 36.7 Å². The Morgan fingerprint density at radius 1 is 1.35 bits per heavy atom. The fraction of sp³-hybridized carbons (Fsp3) is 0.526. The van der Waals surface area contributed by atoms with Crippen LogP contribution in [0.4, 0.5) is 0 Å². The van der Waals surface area contributed by atoms with Crippen molar-refractivity contribution in [3.63, 3.8) is 0 Å². The van der Waals surface area contributed by atoms with Crippen LogP contribution >= 0.6 is 12.2 Å². The molecule has 2 heterocycles. The molecule has 26 heavy (non-hydrogen) atoms. The van der Waals surface area contributed by atoms with Gasteiger partial charge in [0.05, 0.1) is 25.7 Å². The smallest absolute Gasteiger partial charge is 0.310 e. The number of hydrogen-bond donors (Lipinski definition) is 0. The van der Waals surface area contributed by atoms with E-state index >= 15 is 0 Å². The Balaban J connectivity index is 1.69. The van der Waals surface area contributed by atoms with Gasteiger partial charge in [-0.05, 0) is 51.0 Å². The first-order valence-corrected chi connectivity index (χ1v) is 9.56. The number of rotatable bonds is 6. The molecule has 1 aliphatic heterocycles. The number of carbonyl (C=O) groups excluding carboxylic acids is 1. The van der Waals surface area contributed by atoms with Crippen molar-refractivity contribution in [1.82, 2.24) is 19.2 Å². The molecule has 1 aromatic heterocycles. The lowest BCUT2D eigenvalue weighted by atomic mass is 9.99. The molecule has 7 heteroatoms. The molecule has 1 atom stereocenters. The highest BCUT2D eigenvalue weighted by Gasteiger charge is 2.27. The number of nitrogens with zero attached hydrogens (tertiary/aromatic N) is 4. The number of likely N-dealkylation sites (tertiary alicyclic amines) is 1. The van der Waals surface area contributed by atoms with Crippen LogP contribution in [0.3, 0.4) is 0 Å². The third-order valence-corrected chi connectivity index (χ3v) is 5.18. The second-order valence-corrected chi connectivity index (χ2v) is 7.08. The van der Waals surface area contributed by atoms with Gasteiger partial charge in [-0.1, -0.05) is 30.3 Å². The van der Waals surface area contributed by atoms with Crippen LogP contribution in [0, 0.1) is 17.6 Å². The van der Waals surface area contributed by atoms with Crippen molar-refractivity contribution < 1.29 is 9.53 Å². The molecule has 0 N–H and O–H groups in total. The lowest BCUT2D eigenvalue weighted by Crippen LogP contribution is -2.40. The second kappa shape index (κ2) is 8.60. The zero-order valence-corrected chi connectivity index (χ0v) is 16.2. The highest BCUT2D eigenvalue weighted by Crippen LogP contribution is 2.19. The molecular formula is C19H26N4O2S. The zero-order valence-electron chi connectivity index (χ0n) is 15.4. The summed E-state index contributed by atoms with van der Waals surface area (Å²) in [5.41, 5.74) is 1.20. The van der Waals surface area contributed by atoms with E-state index in [-0.39, 0.29) is 11.9 Å². The Bertz CT molecular complexity index is 800. The maximum atomic E-state index is 12.0. The monoisotopic (exact) mass is 374 g/mol. The van der Waals surface area contributed by atoms with Crippen LogP contribution in [0.25, 0.3) is 0 Å². The fourth-order valence-corrected chi connectivity index (χ4v) is 3.71. The first-order chi connectivity index (χ1) is 12.6. The quantitative estimate of drug-likeness (QED) is 0.575. The Hall–Kier alpha value is -1.99. The van der Waals surface area contributed by atoms with Crippen molar-refractivity contribution in [3.8, 4) is 0 Å². The second-order valence-electron chi connectivity index (χ2n) is 6.71. The molecule has 0 aliphatic carbocycles. The van der Waals surface area contributed by atoms with Gasteiger partial charge in [-0.15, -0.1) is 0 Å². The number of benzene rings is 1. The van der Waals surface area contributed by atoms with E-state index < -0.39 is 0 Å². The summed E-state index contributed by atoms with van der Waals surface area (Å²) in [5.74, 6) is 0.759. The minimum absolute atomic E-state index is 0.0506. The normalized spacial score (nSPS) is 18.0. The lowest BCUT2D eigenvalue weighted by Gasteiger charge is -2.31. The molecule has 0 bridgehead atoms. The minimum Gasteiger partial charge on any atom is -0.466 e. The van der Waals surface area contributed by atoms with E-state index in [2.05, 4.69) is 26.7 Å². The summed E-state index contributed by atoms with van der Waals surface area (Å²) in [6.07, 6.45) is 1.88. The number of aromatic nitrogens is 3. The molecule has 1 aliphatic rings. The van der Waals surface area contributed by atoms with Gasteiger partial charge in [-0.25, -0.2) is 4.68 Å². The van der Waals surface area contributed by atoms with Crippen molar-refractivity contribution in [2.75, 3.05) is 19.7 Å². The van der Waals surface area contributed by atoms with Gasteiger partial charge in [0.2, 0.25) is 0 Å². The minimum atomic E-state index is -0.0911. The first-order valence-electron chi connectivity index (χ1n) is 9.15. The number of carbonyl (C=O) groups is 1. The third-order valence-electron chi connectivity index (χ3n) is 4.75. The standard InChI is InChI=1S/C19H26N4O2S/c1-3-25-18(24)17-10-7-11-21(13-17)14-23-19(26)22(15(2)20-23)12-16-8-5-4-6-9-16/h4-6,8-9,17H,3,7,10-14H2,1-2H3/t17-/m0/s1. The number of esters is 1. The van der Waals surface area contributed by atoms with Gasteiger partial charge >= 0.3 is 5.97 Å². The maximum absolute atomic E-state index is 12.0. The Labute approximate surface area is 159 Å². The molecule has 0 saturated carbocycles. The van der Waals surface area contributed by atoms with Crippen molar-refractivity contribution in [3.05, 3.63) is 46.5 Å². The average molecular weight is 375 g/mol. The van der Waals surface area contributed by atoms with E-state index in [0.29, 0.717) is 24.6 Å². The highest BCUT2D eigenvalue weighted by atomic mass is 32.1. The van der Waals surface area contributed by atoms with E-state index in [0.717, 1.165) is 31.8 Å². The molecule has 0 radical (unpaired) electrons. The van der Waals surface area contributed by atoms with E-state index in [4.69, 9.17) is 17.0 Å². The van der Waals surface area contributed by atoms with Crippen LogP contribution in [-0.2, 0) is 22.7 Å². The predicted octanol–water partition coefficient (Wildman–Crippen LogP) is 3.00. The molecule has 0 amide bonds. The topological polar surface area (TPSA) is 52.3 Å². The zero-order chi connectivity index (χ0) is 18.5. The molecular weight excluding hydrogens is 348 g/mol. The predicted molar refractivity (Wildman–Crippen MR) is 102 cm³/mol. The average Bonchev–Trinajstić information content (AvgIpc) is 2.90. The van der Waals surface area contributed by atoms with Crippen molar-refractivity contribution in [1.29, 1.82) is 0 Å². The lowest BCUT2D eigenvalue weighted by molar-refractivity contribution is -0.150. The van der Waals surface area contributed by atoms with Crippen LogP contribution in [0.5, 0.6) is 0 Å². The first kappa shape index (κ1) is 18.8. The molecule has 1 saturated heterocycles. The molecule has 1 fully saturated rings. The SMILES string of the molecule is CCOC(=O)[C@H]1CCCN(Cn2nc(C)n(Cc3ccccc3)c2=S)C1. The summed E-state index contributed by atoms with van der Waals surface area (Å²) in [7, 11) is 0. The van der Waals surface area contributed by atoms with Gasteiger partial charge < -0.3 is 4.74 Å². The summed E-state index contributed by atoms with van der Waals surface area (Å²) < 4.78 is 9.81. The Morgan fingerprint density at radius 3 is 2.85 bits per heavy atom. The van der Waals surface area contributed by atoms with Crippen LogP contribution in [0.2, 0.25) is 0 Å². The number of aryl methyl sites for hydroxylation is 1. The van der Waals surface area contributed by atoms with Gasteiger partial charge in [0.25, 0.3) is 0 Å². The van der Waals surface area contributed by atoms with E-state index in [1.165, 1.54) is 5.56 Å². The molecule has 3 rings (SSSR count). The van der Waals surface area contributed by atoms with Gasteiger partial charge in [0.15, 0.2) is 4.77 Å². The summed E-state index contributed by atoms with van der Waals surface area (Å²) >= 11 is 5.65. The molecule has 0 unspecified atom stereocenters. The molecule has 0 spiro atoms. The van der Waals surface area contributed by atoms with Gasteiger partial charge in [-0.2, -0.15) is 5.10 Å². The summed E-state index contributed by atoms with van der Waals surface area (Å²) in [6.45, 7) is 7.23.